The van der Waals surface area contributed by atoms with Gasteiger partial charge in [-0.1, -0.05) is 0 Å². The molecular weight excluding hydrogens is 458 g/mol. The molecule has 3 aliphatic rings. The van der Waals surface area contributed by atoms with Crippen LogP contribution in [-0.4, -0.2) is 77.8 Å². The van der Waals surface area contributed by atoms with E-state index in [1.54, 1.807) is 7.11 Å². The summed E-state index contributed by atoms with van der Waals surface area (Å²) in [6, 6.07) is 10.4. The molecule has 9 nitrogen and oxygen atoms in total. The molecule has 3 saturated heterocycles. The van der Waals surface area contributed by atoms with Crippen LogP contribution in [0.25, 0.3) is 22.3 Å². The zero-order valence-corrected chi connectivity index (χ0v) is 21.1. The molecule has 0 unspecified atom stereocenters. The molecule has 3 aliphatic heterocycles. The Hall–Kier alpha value is -3.01. The topological polar surface area (TPSA) is 93.1 Å². The van der Waals surface area contributed by atoms with E-state index in [-0.39, 0.29) is 18.8 Å². The third-order valence-corrected chi connectivity index (χ3v) is 7.46. The molecule has 2 bridgehead atoms. The molecule has 0 aliphatic carbocycles. The molecule has 9 heteroatoms. The van der Waals surface area contributed by atoms with Gasteiger partial charge in [-0.3, -0.25) is 0 Å². The Morgan fingerprint density at radius 2 is 1.75 bits per heavy atom. The minimum atomic E-state index is -0.103. The highest BCUT2D eigenvalue weighted by Crippen LogP contribution is 2.36. The minimum absolute atomic E-state index is 0.103. The number of aromatic nitrogens is 3. The SMILES string of the molecule is COc1ccc(-c2ccc3c(N4C[C@@H](C)O[C@@H](C)C4)nc(N4[C@@H]5CC[C@H]4COC5)nc3n2)cc1CO. The molecule has 6 rings (SSSR count). The lowest BCUT2D eigenvalue weighted by molar-refractivity contribution is -0.00537. The summed E-state index contributed by atoms with van der Waals surface area (Å²) in [4.78, 5) is 19.8. The number of hydrogen-bond donors (Lipinski definition) is 1. The average Bonchev–Trinajstić information content (AvgIpc) is 3.14. The number of nitrogens with zero attached hydrogens (tertiary/aromatic N) is 5. The molecule has 4 atom stereocenters. The summed E-state index contributed by atoms with van der Waals surface area (Å²) in [7, 11) is 1.61. The van der Waals surface area contributed by atoms with E-state index in [0.29, 0.717) is 36.7 Å². The van der Waals surface area contributed by atoms with Gasteiger partial charge in [-0.2, -0.15) is 9.97 Å². The molecule has 0 radical (unpaired) electrons. The first-order chi connectivity index (χ1) is 17.5. The Morgan fingerprint density at radius 1 is 1.00 bits per heavy atom. The van der Waals surface area contributed by atoms with Crippen molar-refractivity contribution in [1.29, 1.82) is 0 Å². The lowest BCUT2D eigenvalue weighted by Gasteiger charge is -2.38. The fourth-order valence-corrected chi connectivity index (χ4v) is 5.87. The number of ether oxygens (including phenoxy) is 3. The molecule has 0 spiro atoms. The van der Waals surface area contributed by atoms with Gasteiger partial charge in [0.1, 0.15) is 11.6 Å². The van der Waals surface area contributed by atoms with Gasteiger partial charge < -0.3 is 29.1 Å². The van der Waals surface area contributed by atoms with Crippen LogP contribution in [0.3, 0.4) is 0 Å². The number of fused-ring (bicyclic) bond motifs is 3. The minimum Gasteiger partial charge on any atom is -0.496 e. The summed E-state index contributed by atoms with van der Waals surface area (Å²) in [6.07, 6.45) is 2.42. The van der Waals surface area contributed by atoms with Crippen molar-refractivity contribution in [3.05, 3.63) is 35.9 Å². The van der Waals surface area contributed by atoms with Crippen molar-refractivity contribution in [2.24, 2.45) is 0 Å². The summed E-state index contributed by atoms with van der Waals surface area (Å²) < 4.78 is 17.2. The first-order valence-electron chi connectivity index (χ1n) is 12.8. The fraction of sp³-hybridized carbons (Fsp3) is 0.519. The highest BCUT2D eigenvalue weighted by Gasteiger charge is 2.39. The largest absolute Gasteiger partial charge is 0.496 e. The van der Waals surface area contributed by atoms with Crippen LogP contribution in [0.4, 0.5) is 11.8 Å². The van der Waals surface area contributed by atoms with Crippen LogP contribution in [0.5, 0.6) is 5.75 Å². The zero-order chi connectivity index (χ0) is 24.8. The van der Waals surface area contributed by atoms with E-state index in [4.69, 9.17) is 29.2 Å². The van der Waals surface area contributed by atoms with Gasteiger partial charge in [-0.25, -0.2) is 4.98 Å². The third-order valence-electron chi connectivity index (χ3n) is 7.46. The van der Waals surface area contributed by atoms with E-state index in [1.807, 2.05) is 24.3 Å². The Bertz CT molecular complexity index is 1240. The molecule has 5 heterocycles. The number of benzene rings is 1. The van der Waals surface area contributed by atoms with Crippen LogP contribution in [0, 0.1) is 0 Å². The molecule has 3 aromatic rings. The summed E-state index contributed by atoms with van der Waals surface area (Å²) in [6.45, 7) is 7.07. The van der Waals surface area contributed by atoms with Gasteiger partial charge in [0.05, 0.1) is 62.3 Å². The number of aliphatic hydroxyl groups excluding tert-OH is 1. The first-order valence-corrected chi connectivity index (χ1v) is 12.8. The van der Waals surface area contributed by atoms with Crippen LogP contribution >= 0.6 is 0 Å². The lowest BCUT2D eigenvalue weighted by atomic mass is 10.1. The summed E-state index contributed by atoms with van der Waals surface area (Å²) >= 11 is 0. The van der Waals surface area contributed by atoms with Crippen molar-refractivity contribution in [3.8, 4) is 17.0 Å². The van der Waals surface area contributed by atoms with Crippen molar-refractivity contribution in [3.63, 3.8) is 0 Å². The van der Waals surface area contributed by atoms with E-state index in [2.05, 4.69) is 29.7 Å². The molecule has 1 aromatic carbocycles. The van der Waals surface area contributed by atoms with Gasteiger partial charge in [-0.15, -0.1) is 0 Å². The van der Waals surface area contributed by atoms with Crippen molar-refractivity contribution in [2.75, 3.05) is 43.2 Å². The summed E-state index contributed by atoms with van der Waals surface area (Å²) in [5, 5.41) is 10.7. The molecule has 0 amide bonds. The smallest absolute Gasteiger partial charge is 0.230 e. The summed E-state index contributed by atoms with van der Waals surface area (Å²) in [5.41, 5.74) is 3.10. The molecule has 36 heavy (non-hydrogen) atoms. The summed E-state index contributed by atoms with van der Waals surface area (Å²) in [5.74, 6) is 2.30. The number of aliphatic hydroxyl groups is 1. The number of pyridine rings is 1. The van der Waals surface area contributed by atoms with Gasteiger partial charge in [0.25, 0.3) is 0 Å². The second-order valence-corrected chi connectivity index (χ2v) is 10.1. The molecule has 1 N–H and O–H groups in total. The van der Waals surface area contributed by atoms with Gasteiger partial charge in [-0.05, 0) is 57.0 Å². The number of methoxy groups -OCH3 is 1. The second-order valence-electron chi connectivity index (χ2n) is 10.1. The van der Waals surface area contributed by atoms with E-state index in [0.717, 1.165) is 59.9 Å². The molecule has 2 aromatic heterocycles. The molecular formula is C27H33N5O4. The highest BCUT2D eigenvalue weighted by atomic mass is 16.5. The maximum atomic E-state index is 9.80. The predicted octanol–water partition coefficient (Wildman–Crippen LogP) is 3.17. The van der Waals surface area contributed by atoms with Crippen LogP contribution in [0.1, 0.15) is 32.3 Å². The number of anilines is 2. The Balaban J connectivity index is 1.48. The highest BCUT2D eigenvalue weighted by molar-refractivity contribution is 5.90. The quantitative estimate of drug-likeness (QED) is 0.578. The van der Waals surface area contributed by atoms with Crippen molar-refractivity contribution >= 4 is 22.8 Å². The number of rotatable bonds is 5. The van der Waals surface area contributed by atoms with Gasteiger partial charge in [0.2, 0.25) is 5.95 Å². The Kier molecular flexibility index (Phi) is 6.15. The van der Waals surface area contributed by atoms with Crippen LogP contribution in [-0.2, 0) is 16.1 Å². The second kappa shape index (κ2) is 9.46. The number of hydrogen-bond acceptors (Lipinski definition) is 9. The average molecular weight is 492 g/mol. The van der Waals surface area contributed by atoms with Crippen molar-refractivity contribution in [1.82, 2.24) is 15.0 Å². The maximum Gasteiger partial charge on any atom is 0.230 e. The molecule has 0 saturated carbocycles. The monoisotopic (exact) mass is 491 g/mol. The van der Waals surface area contributed by atoms with Crippen molar-refractivity contribution < 1.29 is 19.3 Å². The Labute approximate surface area is 211 Å². The fourth-order valence-electron chi connectivity index (χ4n) is 5.87. The lowest BCUT2D eigenvalue weighted by Crippen LogP contribution is -2.48. The zero-order valence-electron chi connectivity index (χ0n) is 21.1. The maximum absolute atomic E-state index is 9.80. The first kappa shape index (κ1) is 23.4. The van der Waals surface area contributed by atoms with E-state index < -0.39 is 0 Å². The van der Waals surface area contributed by atoms with Crippen molar-refractivity contribution in [2.45, 2.75) is 57.6 Å². The van der Waals surface area contributed by atoms with Crippen LogP contribution < -0.4 is 14.5 Å². The van der Waals surface area contributed by atoms with Gasteiger partial charge in [0, 0.05) is 24.2 Å². The Morgan fingerprint density at radius 3 is 2.44 bits per heavy atom. The molecule has 190 valence electrons. The van der Waals surface area contributed by atoms with E-state index in [1.165, 1.54) is 0 Å². The standard InChI is InChI=1S/C27H33N5O4/c1-16-11-31(12-17(2)36-16)26-22-7-8-23(18-4-9-24(34-3)19(10-18)13-33)28-25(22)29-27(30-26)32-20-5-6-21(32)15-35-14-20/h4,7-10,16-17,20-21,33H,5-6,11-15H2,1-3H3/t16-,17+,20-,21+. The van der Waals surface area contributed by atoms with Gasteiger partial charge in [0.15, 0.2) is 5.65 Å². The van der Waals surface area contributed by atoms with Crippen LogP contribution in [0.2, 0.25) is 0 Å². The third kappa shape index (κ3) is 4.15. The van der Waals surface area contributed by atoms with Gasteiger partial charge >= 0.3 is 0 Å². The van der Waals surface area contributed by atoms with E-state index in [9.17, 15) is 5.11 Å². The molecule has 3 fully saturated rings. The number of morpholine rings is 2. The normalized spacial score (nSPS) is 26.0. The predicted molar refractivity (Wildman–Crippen MR) is 138 cm³/mol. The van der Waals surface area contributed by atoms with Crippen LogP contribution in [0.15, 0.2) is 30.3 Å². The van der Waals surface area contributed by atoms with E-state index >= 15 is 0 Å².